The van der Waals surface area contributed by atoms with E-state index < -0.39 is 33.4 Å². The first-order valence-electron chi connectivity index (χ1n) is 9.24. The molecule has 0 unspecified atom stereocenters. The van der Waals surface area contributed by atoms with Crippen LogP contribution in [0.4, 0.5) is 24.5 Å². The van der Waals surface area contributed by atoms with Crippen LogP contribution in [0.1, 0.15) is 26.3 Å². The topological polar surface area (TPSA) is 92.3 Å². The Balaban J connectivity index is 1.79. The molecule has 3 rings (SSSR count). The van der Waals surface area contributed by atoms with Gasteiger partial charge in [-0.3, -0.25) is 9.59 Å². The summed E-state index contributed by atoms with van der Waals surface area (Å²) < 4.78 is 62.1. The van der Waals surface area contributed by atoms with Gasteiger partial charge < -0.3 is 10.6 Å². The fourth-order valence-electron chi connectivity index (χ4n) is 2.82. The van der Waals surface area contributed by atoms with Gasteiger partial charge in [0.05, 0.1) is 21.0 Å². The van der Waals surface area contributed by atoms with Gasteiger partial charge in [-0.1, -0.05) is 23.7 Å². The molecule has 0 saturated carbocycles. The number of hydrogen-bond acceptors (Lipinski definition) is 4. The van der Waals surface area contributed by atoms with Crippen LogP contribution in [0.25, 0.3) is 0 Å². The molecule has 11 heteroatoms. The lowest BCUT2D eigenvalue weighted by atomic mass is 10.1. The molecule has 2 amide bonds. The highest BCUT2D eigenvalue weighted by Gasteiger charge is 2.30. The molecule has 0 radical (unpaired) electrons. The molecule has 0 aliphatic carbocycles. The van der Waals surface area contributed by atoms with E-state index in [0.717, 1.165) is 24.5 Å². The maximum Gasteiger partial charge on any atom is 0.416 e. The smallest absolute Gasteiger partial charge is 0.322 e. The highest BCUT2D eigenvalue weighted by atomic mass is 35.5. The molecule has 0 aromatic heterocycles. The molecule has 0 spiro atoms. The number of benzene rings is 3. The summed E-state index contributed by atoms with van der Waals surface area (Å²) >= 11 is 6.02. The van der Waals surface area contributed by atoms with E-state index in [1.165, 1.54) is 48.5 Å². The van der Waals surface area contributed by atoms with Crippen molar-refractivity contribution >= 4 is 44.6 Å². The van der Waals surface area contributed by atoms with Gasteiger partial charge >= 0.3 is 6.18 Å². The molecule has 3 aromatic rings. The van der Waals surface area contributed by atoms with E-state index in [1.807, 2.05) is 0 Å². The molecule has 2 N–H and O–H groups in total. The summed E-state index contributed by atoms with van der Waals surface area (Å²) in [6, 6.07) is 13.5. The lowest BCUT2D eigenvalue weighted by molar-refractivity contribution is -0.137. The Kier molecular flexibility index (Phi) is 6.80. The van der Waals surface area contributed by atoms with Crippen LogP contribution in [-0.4, -0.2) is 26.5 Å². The minimum absolute atomic E-state index is 0.0262. The van der Waals surface area contributed by atoms with Crippen molar-refractivity contribution in [3.63, 3.8) is 0 Å². The summed E-state index contributed by atoms with van der Waals surface area (Å²) in [6.07, 6.45) is -3.56. The molecule has 0 aliphatic heterocycles. The van der Waals surface area contributed by atoms with Gasteiger partial charge in [0.1, 0.15) is 0 Å². The SMILES string of the molecule is CS(=O)(=O)c1ccc(Cl)c(C(=O)Nc2cccc(C(=O)Nc3cccc(C(F)(F)F)c3)c2)c1. The van der Waals surface area contributed by atoms with E-state index in [9.17, 15) is 31.2 Å². The Morgan fingerprint density at radius 3 is 2.09 bits per heavy atom. The average Bonchev–Trinajstić information content (AvgIpc) is 2.73. The lowest BCUT2D eigenvalue weighted by Gasteiger charge is -2.11. The average molecular weight is 497 g/mol. The predicted molar refractivity (Wildman–Crippen MR) is 118 cm³/mol. The second-order valence-electron chi connectivity index (χ2n) is 6.98. The van der Waals surface area contributed by atoms with Crippen LogP contribution < -0.4 is 10.6 Å². The number of sulfone groups is 1. The van der Waals surface area contributed by atoms with Crippen molar-refractivity contribution in [1.29, 1.82) is 0 Å². The van der Waals surface area contributed by atoms with Crippen LogP contribution in [0.2, 0.25) is 5.02 Å². The summed E-state index contributed by atoms with van der Waals surface area (Å²) in [5.74, 6) is -1.40. The quantitative estimate of drug-likeness (QED) is 0.503. The molecular formula is C22H16ClF3N2O4S. The number of nitrogens with one attached hydrogen (secondary N) is 2. The molecule has 0 aliphatic rings. The standard InChI is InChI=1S/C22H16ClF3N2O4S/c1-33(31,32)17-8-9-19(23)18(12-17)21(30)28-15-6-2-4-13(10-15)20(29)27-16-7-3-5-14(11-16)22(24,25)26/h2-12H,1H3,(H,27,29)(H,28,30). The monoisotopic (exact) mass is 496 g/mol. The zero-order chi connectivity index (χ0) is 24.4. The van der Waals surface area contributed by atoms with Crippen molar-refractivity contribution < 1.29 is 31.2 Å². The zero-order valence-corrected chi connectivity index (χ0v) is 18.5. The number of carbonyl (C=O) groups is 2. The van der Waals surface area contributed by atoms with Gasteiger partial charge in [-0.2, -0.15) is 13.2 Å². The third-order valence-corrected chi connectivity index (χ3v) is 5.88. The third kappa shape index (κ3) is 6.11. The molecule has 6 nitrogen and oxygen atoms in total. The van der Waals surface area contributed by atoms with Gasteiger partial charge in [0.15, 0.2) is 9.84 Å². The van der Waals surface area contributed by atoms with Crippen LogP contribution in [-0.2, 0) is 16.0 Å². The highest BCUT2D eigenvalue weighted by Crippen LogP contribution is 2.31. The van der Waals surface area contributed by atoms with Gasteiger partial charge in [-0.25, -0.2) is 8.42 Å². The van der Waals surface area contributed by atoms with Crippen LogP contribution in [0, 0.1) is 0 Å². The molecule has 0 atom stereocenters. The number of alkyl halides is 3. The zero-order valence-electron chi connectivity index (χ0n) is 16.9. The molecule has 0 saturated heterocycles. The number of rotatable bonds is 5. The molecule has 33 heavy (non-hydrogen) atoms. The van der Waals surface area contributed by atoms with E-state index in [4.69, 9.17) is 11.6 Å². The summed E-state index contributed by atoms with van der Waals surface area (Å²) in [5, 5.41) is 4.92. The minimum atomic E-state index is -4.55. The van der Waals surface area contributed by atoms with E-state index in [-0.39, 0.29) is 32.4 Å². The second kappa shape index (κ2) is 9.24. The highest BCUT2D eigenvalue weighted by molar-refractivity contribution is 7.90. The van der Waals surface area contributed by atoms with Gasteiger partial charge in [0, 0.05) is 23.2 Å². The number of hydrogen-bond donors (Lipinski definition) is 2. The van der Waals surface area contributed by atoms with Crippen LogP contribution in [0.5, 0.6) is 0 Å². The maximum absolute atomic E-state index is 12.9. The van der Waals surface area contributed by atoms with E-state index >= 15 is 0 Å². The van der Waals surface area contributed by atoms with Crippen molar-refractivity contribution in [2.24, 2.45) is 0 Å². The molecular weight excluding hydrogens is 481 g/mol. The second-order valence-corrected chi connectivity index (χ2v) is 9.40. The van der Waals surface area contributed by atoms with Crippen molar-refractivity contribution in [1.82, 2.24) is 0 Å². The van der Waals surface area contributed by atoms with Crippen LogP contribution in [0.3, 0.4) is 0 Å². The number of carbonyl (C=O) groups excluding carboxylic acids is 2. The Hall–Kier alpha value is -3.37. The van der Waals surface area contributed by atoms with E-state index in [0.29, 0.717) is 0 Å². The summed E-state index contributed by atoms with van der Waals surface area (Å²) in [7, 11) is -3.57. The largest absolute Gasteiger partial charge is 0.416 e. The van der Waals surface area contributed by atoms with Crippen LogP contribution in [0.15, 0.2) is 71.6 Å². The van der Waals surface area contributed by atoms with Crippen molar-refractivity contribution in [2.75, 3.05) is 16.9 Å². The Labute approximate surface area is 192 Å². The predicted octanol–water partition coefficient (Wildman–Crippen LogP) is 5.27. The minimum Gasteiger partial charge on any atom is -0.322 e. The molecule has 0 bridgehead atoms. The normalized spacial score (nSPS) is 11.7. The first kappa shape index (κ1) is 24.3. The Morgan fingerprint density at radius 1 is 0.848 bits per heavy atom. The van der Waals surface area contributed by atoms with E-state index in [2.05, 4.69) is 10.6 Å². The van der Waals surface area contributed by atoms with Crippen LogP contribution >= 0.6 is 11.6 Å². The summed E-state index contributed by atoms with van der Waals surface area (Å²) in [6.45, 7) is 0. The number of anilines is 2. The first-order valence-corrected chi connectivity index (χ1v) is 11.5. The van der Waals surface area contributed by atoms with E-state index in [1.54, 1.807) is 0 Å². The number of amides is 2. The molecule has 3 aromatic carbocycles. The van der Waals surface area contributed by atoms with Crippen molar-refractivity contribution in [3.8, 4) is 0 Å². The maximum atomic E-state index is 12.9. The fraction of sp³-hybridized carbons (Fsp3) is 0.0909. The molecule has 0 fully saturated rings. The summed E-state index contributed by atoms with van der Waals surface area (Å²) in [4.78, 5) is 25.0. The number of halogens is 4. The van der Waals surface area contributed by atoms with Gasteiger partial charge in [0.25, 0.3) is 11.8 Å². The van der Waals surface area contributed by atoms with Gasteiger partial charge in [0.2, 0.25) is 0 Å². The fourth-order valence-corrected chi connectivity index (χ4v) is 3.67. The third-order valence-electron chi connectivity index (χ3n) is 4.44. The van der Waals surface area contributed by atoms with Crippen molar-refractivity contribution in [2.45, 2.75) is 11.1 Å². The lowest BCUT2D eigenvalue weighted by Crippen LogP contribution is -2.16. The molecule has 0 heterocycles. The Bertz CT molecular complexity index is 1340. The van der Waals surface area contributed by atoms with Gasteiger partial charge in [-0.15, -0.1) is 0 Å². The molecule has 172 valence electrons. The summed E-state index contributed by atoms with van der Waals surface area (Å²) in [5.41, 5.74) is -0.778. The first-order chi connectivity index (χ1) is 15.3. The Morgan fingerprint density at radius 2 is 1.45 bits per heavy atom. The van der Waals surface area contributed by atoms with Crippen molar-refractivity contribution in [3.05, 3.63) is 88.4 Å². The van der Waals surface area contributed by atoms with Gasteiger partial charge in [-0.05, 0) is 54.6 Å².